The zero-order valence-corrected chi connectivity index (χ0v) is 17.6. The Morgan fingerprint density at radius 3 is 2.13 bits per heavy atom. The van der Waals surface area contributed by atoms with Gasteiger partial charge < -0.3 is 14.4 Å². The van der Waals surface area contributed by atoms with Crippen molar-refractivity contribution in [2.45, 2.75) is 44.9 Å². The Kier molecular flexibility index (Phi) is 4.36. The number of carbonyl (C=O) groups is 1. The van der Waals surface area contributed by atoms with E-state index in [0.717, 1.165) is 62.0 Å². The van der Waals surface area contributed by atoms with Crippen LogP contribution in [0.15, 0.2) is 36.9 Å². The van der Waals surface area contributed by atoms with Crippen molar-refractivity contribution in [3.63, 3.8) is 0 Å². The molecule has 6 nitrogen and oxygen atoms in total. The van der Waals surface area contributed by atoms with E-state index < -0.39 is 0 Å². The first kappa shape index (κ1) is 18.4. The standard InChI is InChI=1S/C24H31N5O/c30-23(16-24-13-18-9-19(14-24)11-20(10-18)15-24)29-7-5-28(6-8-29)22-12-21(25-17-26-22)27-3-1-2-4-27/h1-4,12,17-20H,5-11,13-16H2. The first-order valence-corrected chi connectivity index (χ1v) is 11.6. The maximum atomic E-state index is 13.2. The van der Waals surface area contributed by atoms with E-state index in [4.69, 9.17) is 0 Å². The van der Waals surface area contributed by atoms with Gasteiger partial charge in [-0.05, 0) is 73.8 Å². The van der Waals surface area contributed by atoms with Gasteiger partial charge in [0.1, 0.15) is 18.0 Å². The summed E-state index contributed by atoms with van der Waals surface area (Å²) in [6.45, 7) is 3.28. The largest absolute Gasteiger partial charge is 0.353 e. The van der Waals surface area contributed by atoms with Crippen LogP contribution in [-0.4, -0.2) is 51.5 Å². The fourth-order valence-corrected chi connectivity index (χ4v) is 7.26. The van der Waals surface area contributed by atoms with Crippen molar-refractivity contribution < 1.29 is 4.79 Å². The van der Waals surface area contributed by atoms with Gasteiger partial charge in [-0.2, -0.15) is 0 Å². The Morgan fingerprint density at radius 1 is 0.900 bits per heavy atom. The fourth-order valence-electron chi connectivity index (χ4n) is 7.26. The van der Waals surface area contributed by atoms with E-state index in [9.17, 15) is 4.79 Å². The highest BCUT2D eigenvalue weighted by Crippen LogP contribution is 2.61. The van der Waals surface area contributed by atoms with Crippen molar-refractivity contribution in [3.8, 4) is 5.82 Å². The van der Waals surface area contributed by atoms with E-state index in [-0.39, 0.29) is 0 Å². The molecule has 2 aromatic heterocycles. The molecule has 1 amide bonds. The quantitative estimate of drug-likeness (QED) is 0.781. The van der Waals surface area contributed by atoms with Gasteiger partial charge in [0.25, 0.3) is 0 Å². The van der Waals surface area contributed by atoms with Crippen molar-refractivity contribution in [3.05, 3.63) is 36.9 Å². The van der Waals surface area contributed by atoms with Gasteiger partial charge in [0.2, 0.25) is 5.91 Å². The summed E-state index contributed by atoms with van der Waals surface area (Å²) < 4.78 is 2.00. The summed E-state index contributed by atoms with van der Waals surface area (Å²) in [4.78, 5) is 26.5. The molecule has 0 aromatic carbocycles. The second kappa shape index (κ2) is 7.10. The minimum Gasteiger partial charge on any atom is -0.353 e. The highest BCUT2D eigenvalue weighted by molar-refractivity contribution is 5.77. The van der Waals surface area contributed by atoms with Crippen LogP contribution in [0.1, 0.15) is 44.9 Å². The van der Waals surface area contributed by atoms with Crippen molar-refractivity contribution in [1.82, 2.24) is 19.4 Å². The summed E-state index contributed by atoms with van der Waals surface area (Å²) in [7, 11) is 0. The van der Waals surface area contributed by atoms with Crippen LogP contribution in [0.25, 0.3) is 5.82 Å². The summed E-state index contributed by atoms with van der Waals surface area (Å²) in [5.74, 6) is 4.95. The lowest BCUT2D eigenvalue weighted by Gasteiger charge is -2.57. The number of anilines is 1. The second-order valence-corrected chi connectivity index (χ2v) is 10.3. The van der Waals surface area contributed by atoms with Crippen LogP contribution in [0.2, 0.25) is 0 Å². The first-order chi connectivity index (χ1) is 14.7. The summed E-state index contributed by atoms with van der Waals surface area (Å²) >= 11 is 0. The number of carbonyl (C=O) groups excluding carboxylic acids is 1. The molecule has 0 N–H and O–H groups in total. The smallest absolute Gasteiger partial charge is 0.223 e. The Morgan fingerprint density at radius 2 is 1.50 bits per heavy atom. The fraction of sp³-hybridized carbons (Fsp3) is 0.625. The molecule has 7 rings (SSSR count). The van der Waals surface area contributed by atoms with E-state index in [0.29, 0.717) is 11.3 Å². The van der Waals surface area contributed by atoms with Crippen molar-refractivity contribution >= 4 is 11.7 Å². The summed E-state index contributed by atoms with van der Waals surface area (Å²) in [6.07, 6.45) is 14.7. The summed E-state index contributed by atoms with van der Waals surface area (Å²) in [5, 5.41) is 0. The van der Waals surface area contributed by atoms with Gasteiger partial charge in [-0.15, -0.1) is 0 Å². The lowest BCUT2D eigenvalue weighted by atomic mass is 9.49. The number of nitrogens with zero attached hydrogens (tertiary/aromatic N) is 5. The predicted molar refractivity (Wildman–Crippen MR) is 115 cm³/mol. The number of aromatic nitrogens is 3. The zero-order valence-electron chi connectivity index (χ0n) is 17.6. The molecular weight excluding hydrogens is 374 g/mol. The maximum Gasteiger partial charge on any atom is 0.223 e. The molecule has 3 heterocycles. The van der Waals surface area contributed by atoms with Gasteiger partial charge >= 0.3 is 0 Å². The van der Waals surface area contributed by atoms with E-state index in [1.165, 1.54) is 38.5 Å². The molecule has 4 aliphatic carbocycles. The first-order valence-electron chi connectivity index (χ1n) is 11.6. The molecule has 0 radical (unpaired) electrons. The van der Waals surface area contributed by atoms with Crippen LogP contribution in [0.4, 0.5) is 5.82 Å². The van der Waals surface area contributed by atoms with E-state index in [1.807, 2.05) is 35.2 Å². The lowest BCUT2D eigenvalue weighted by Crippen LogP contribution is -2.52. The average Bonchev–Trinajstić information content (AvgIpc) is 3.28. The summed E-state index contributed by atoms with van der Waals surface area (Å²) in [6, 6.07) is 6.03. The monoisotopic (exact) mass is 405 g/mol. The van der Waals surface area contributed by atoms with Gasteiger partial charge in [-0.25, -0.2) is 9.97 Å². The van der Waals surface area contributed by atoms with Crippen LogP contribution in [0, 0.1) is 23.2 Å². The van der Waals surface area contributed by atoms with E-state index >= 15 is 0 Å². The normalized spacial score (nSPS) is 32.6. The predicted octanol–water partition coefficient (Wildman–Crippen LogP) is 3.52. The number of piperazine rings is 1. The Labute approximate surface area is 178 Å². The molecule has 6 heteroatoms. The Bertz CT molecular complexity index is 880. The van der Waals surface area contributed by atoms with Crippen LogP contribution in [0.3, 0.4) is 0 Å². The molecule has 158 valence electrons. The van der Waals surface area contributed by atoms with Gasteiger partial charge in [0, 0.05) is 51.1 Å². The van der Waals surface area contributed by atoms with Crippen molar-refractivity contribution in [1.29, 1.82) is 0 Å². The molecule has 0 spiro atoms. The minimum absolute atomic E-state index is 0.335. The van der Waals surface area contributed by atoms with E-state index in [1.54, 1.807) is 6.33 Å². The molecule has 5 aliphatic rings. The van der Waals surface area contributed by atoms with Crippen LogP contribution >= 0.6 is 0 Å². The molecule has 30 heavy (non-hydrogen) atoms. The summed E-state index contributed by atoms with van der Waals surface area (Å²) in [5.41, 5.74) is 0.335. The number of rotatable bonds is 4. The molecule has 1 aliphatic heterocycles. The lowest BCUT2D eigenvalue weighted by molar-refractivity contribution is -0.139. The maximum absolute atomic E-state index is 13.2. The third kappa shape index (κ3) is 3.30. The van der Waals surface area contributed by atoms with E-state index in [2.05, 4.69) is 19.8 Å². The third-order valence-corrected chi connectivity index (χ3v) is 8.15. The molecule has 5 fully saturated rings. The minimum atomic E-state index is 0.335. The van der Waals surface area contributed by atoms with Crippen LogP contribution in [-0.2, 0) is 4.79 Å². The van der Waals surface area contributed by atoms with Gasteiger partial charge in [-0.3, -0.25) is 4.79 Å². The number of hydrogen-bond donors (Lipinski definition) is 0. The SMILES string of the molecule is O=C(CC12CC3CC(CC(C3)C1)C2)N1CCN(c2cc(-n3cccc3)ncn2)CC1. The van der Waals surface area contributed by atoms with Crippen molar-refractivity contribution in [2.75, 3.05) is 31.1 Å². The highest BCUT2D eigenvalue weighted by Gasteiger charge is 2.51. The molecule has 4 bridgehead atoms. The van der Waals surface area contributed by atoms with Gasteiger partial charge in [0.15, 0.2) is 0 Å². The Hall–Kier alpha value is -2.37. The molecule has 1 saturated heterocycles. The molecule has 0 atom stereocenters. The van der Waals surface area contributed by atoms with Crippen LogP contribution in [0.5, 0.6) is 0 Å². The van der Waals surface area contributed by atoms with Gasteiger partial charge in [0.05, 0.1) is 0 Å². The van der Waals surface area contributed by atoms with Crippen molar-refractivity contribution in [2.24, 2.45) is 23.2 Å². The highest BCUT2D eigenvalue weighted by atomic mass is 16.2. The Balaban J connectivity index is 1.09. The topological polar surface area (TPSA) is 54.3 Å². The van der Waals surface area contributed by atoms with Gasteiger partial charge in [-0.1, -0.05) is 0 Å². The van der Waals surface area contributed by atoms with Crippen LogP contribution < -0.4 is 4.90 Å². The molecule has 0 unspecified atom stereocenters. The third-order valence-electron chi connectivity index (χ3n) is 8.15. The number of amides is 1. The molecular formula is C24H31N5O. The average molecular weight is 406 g/mol. The molecule has 4 saturated carbocycles. The second-order valence-electron chi connectivity index (χ2n) is 10.3. The zero-order chi connectivity index (χ0) is 20.1. The molecule has 2 aromatic rings. The number of hydrogen-bond acceptors (Lipinski definition) is 4.